The molecule has 0 aliphatic rings. The lowest BCUT2D eigenvalue weighted by molar-refractivity contribution is -0.146. The van der Waals surface area contributed by atoms with Gasteiger partial charge in [0.1, 0.15) is 6.54 Å². The predicted octanol–water partition coefficient (Wildman–Crippen LogP) is 2.42. The van der Waals surface area contributed by atoms with Gasteiger partial charge in [-0.25, -0.2) is 0 Å². The van der Waals surface area contributed by atoms with Crippen LogP contribution in [0.2, 0.25) is 0 Å². The van der Waals surface area contributed by atoms with Crippen LogP contribution >= 0.6 is 27.3 Å². The van der Waals surface area contributed by atoms with Crippen LogP contribution in [0.15, 0.2) is 46.3 Å². The van der Waals surface area contributed by atoms with Gasteiger partial charge in [-0.2, -0.15) is 0 Å². The third-order valence-electron chi connectivity index (χ3n) is 2.65. The number of esters is 1. The number of halogens is 1. The van der Waals surface area contributed by atoms with Crippen LogP contribution in [0.4, 0.5) is 5.69 Å². The molecule has 23 heavy (non-hydrogen) atoms. The lowest BCUT2D eigenvalue weighted by Crippen LogP contribution is -2.31. The van der Waals surface area contributed by atoms with Gasteiger partial charge in [-0.3, -0.25) is 14.4 Å². The summed E-state index contributed by atoms with van der Waals surface area (Å²) in [4.78, 5) is 35.4. The Morgan fingerprint density at radius 1 is 1.13 bits per heavy atom. The van der Waals surface area contributed by atoms with Crippen molar-refractivity contribution >= 4 is 50.7 Å². The lowest BCUT2D eigenvalue weighted by atomic mass is 10.3. The molecule has 0 fully saturated rings. The SMILES string of the molecule is O=C(COC(=O)CNC(=O)c1cccs1)Nc1ccccc1Br. The molecule has 0 unspecified atom stereocenters. The Balaban J connectivity index is 1.71. The summed E-state index contributed by atoms with van der Waals surface area (Å²) in [6.07, 6.45) is 0. The second-order valence-electron chi connectivity index (χ2n) is 4.35. The van der Waals surface area contributed by atoms with Crippen LogP contribution in [-0.4, -0.2) is 30.9 Å². The van der Waals surface area contributed by atoms with Crippen molar-refractivity contribution in [2.24, 2.45) is 0 Å². The highest BCUT2D eigenvalue weighted by Gasteiger charge is 2.12. The summed E-state index contributed by atoms with van der Waals surface area (Å²) in [6.45, 7) is -0.714. The van der Waals surface area contributed by atoms with E-state index in [4.69, 9.17) is 4.74 Å². The number of amides is 2. The van der Waals surface area contributed by atoms with Crippen LogP contribution in [0.5, 0.6) is 0 Å². The molecular formula is C15H13BrN2O4S. The summed E-state index contributed by atoms with van der Waals surface area (Å²) in [5.41, 5.74) is 0.583. The van der Waals surface area contributed by atoms with Crippen molar-refractivity contribution in [3.8, 4) is 0 Å². The van der Waals surface area contributed by atoms with Crippen molar-refractivity contribution in [1.29, 1.82) is 0 Å². The molecule has 0 bridgehead atoms. The Kier molecular flexibility index (Phi) is 6.30. The second kappa shape index (κ2) is 8.44. The number of carbonyl (C=O) groups is 3. The number of benzene rings is 1. The summed E-state index contributed by atoms with van der Waals surface area (Å²) in [5, 5.41) is 6.79. The largest absolute Gasteiger partial charge is 0.454 e. The minimum Gasteiger partial charge on any atom is -0.454 e. The van der Waals surface area contributed by atoms with Gasteiger partial charge < -0.3 is 15.4 Å². The van der Waals surface area contributed by atoms with E-state index in [2.05, 4.69) is 26.6 Å². The molecule has 2 amide bonds. The minimum atomic E-state index is -0.683. The molecule has 6 nitrogen and oxygen atoms in total. The molecule has 0 aliphatic heterocycles. The molecule has 120 valence electrons. The fraction of sp³-hybridized carbons (Fsp3) is 0.133. The maximum atomic E-state index is 11.7. The van der Waals surface area contributed by atoms with Gasteiger partial charge in [-0.15, -0.1) is 11.3 Å². The first-order valence-electron chi connectivity index (χ1n) is 6.58. The van der Waals surface area contributed by atoms with E-state index in [0.29, 0.717) is 10.6 Å². The number of para-hydroxylation sites is 1. The highest BCUT2D eigenvalue weighted by Crippen LogP contribution is 2.20. The molecular weight excluding hydrogens is 384 g/mol. The molecule has 2 rings (SSSR count). The molecule has 0 atom stereocenters. The zero-order valence-corrected chi connectivity index (χ0v) is 14.3. The van der Waals surface area contributed by atoms with E-state index >= 15 is 0 Å². The fourth-order valence-corrected chi connectivity index (χ4v) is 2.62. The van der Waals surface area contributed by atoms with E-state index < -0.39 is 18.5 Å². The van der Waals surface area contributed by atoms with E-state index in [1.807, 2.05) is 6.07 Å². The van der Waals surface area contributed by atoms with Crippen LogP contribution < -0.4 is 10.6 Å². The van der Waals surface area contributed by atoms with Gasteiger partial charge in [-0.1, -0.05) is 18.2 Å². The predicted molar refractivity (Wildman–Crippen MR) is 90.4 cm³/mol. The molecule has 0 saturated heterocycles. The summed E-state index contributed by atoms with van der Waals surface area (Å²) in [7, 11) is 0. The third kappa shape index (κ3) is 5.50. The van der Waals surface area contributed by atoms with Crippen LogP contribution in [0.25, 0.3) is 0 Å². The molecule has 8 heteroatoms. The topological polar surface area (TPSA) is 84.5 Å². The summed E-state index contributed by atoms with van der Waals surface area (Å²) >= 11 is 4.57. The average molecular weight is 397 g/mol. The van der Waals surface area contributed by atoms with E-state index in [-0.39, 0.29) is 12.5 Å². The van der Waals surface area contributed by atoms with Crippen LogP contribution in [0.3, 0.4) is 0 Å². The number of rotatable bonds is 6. The normalized spacial score (nSPS) is 9.96. The summed E-state index contributed by atoms with van der Waals surface area (Å²) in [5.74, 6) is -1.50. The monoisotopic (exact) mass is 396 g/mol. The molecule has 0 spiro atoms. The molecule has 1 aromatic carbocycles. The van der Waals surface area contributed by atoms with Crippen LogP contribution in [-0.2, 0) is 14.3 Å². The second-order valence-corrected chi connectivity index (χ2v) is 6.15. The Morgan fingerprint density at radius 3 is 2.61 bits per heavy atom. The van der Waals surface area contributed by atoms with E-state index in [1.54, 1.807) is 35.7 Å². The Bertz CT molecular complexity index is 703. The van der Waals surface area contributed by atoms with Crippen LogP contribution in [0.1, 0.15) is 9.67 Å². The summed E-state index contributed by atoms with van der Waals surface area (Å²) in [6, 6.07) is 10.5. The van der Waals surface area contributed by atoms with Gasteiger partial charge in [0, 0.05) is 4.47 Å². The lowest BCUT2D eigenvalue weighted by Gasteiger charge is -2.08. The van der Waals surface area contributed by atoms with Gasteiger partial charge in [0.2, 0.25) is 0 Å². The number of carbonyl (C=O) groups excluding carboxylic acids is 3. The van der Waals surface area contributed by atoms with Gasteiger partial charge >= 0.3 is 5.97 Å². The average Bonchev–Trinajstić information content (AvgIpc) is 3.07. The number of anilines is 1. The van der Waals surface area contributed by atoms with Crippen LogP contribution in [0, 0.1) is 0 Å². The van der Waals surface area contributed by atoms with E-state index in [0.717, 1.165) is 4.47 Å². The zero-order valence-electron chi connectivity index (χ0n) is 11.9. The van der Waals surface area contributed by atoms with Crippen molar-refractivity contribution in [3.63, 3.8) is 0 Å². The maximum absolute atomic E-state index is 11.7. The Morgan fingerprint density at radius 2 is 1.91 bits per heavy atom. The molecule has 1 aromatic heterocycles. The van der Waals surface area contributed by atoms with Gasteiger partial charge in [0.25, 0.3) is 11.8 Å². The third-order valence-corrected chi connectivity index (χ3v) is 4.21. The highest BCUT2D eigenvalue weighted by molar-refractivity contribution is 9.10. The van der Waals surface area contributed by atoms with Crippen molar-refractivity contribution in [3.05, 3.63) is 51.1 Å². The number of thiophene rings is 1. The molecule has 0 aliphatic carbocycles. The first-order valence-corrected chi connectivity index (χ1v) is 8.25. The summed E-state index contributed by atoms with van der Waals surface area (Å²) < 4.78 is 5.53. The molecule has 1 heterocycles. The molecule has 2 aromatic rings. The quantitative estimate of drug-likeness (QED) is 0.734. The minimum absolute atomic E-state index is 0.293. The number of ether oxygens (including phenoxy) is 1. The smallest absolute Gasteiger partial charge is 0.325 e. The number of hydrogen-bond acceptors (Lipinski definition) is 5. The number of hydrogen-bond donors (Lipinski definition) is 2. The number of nitrogens with one attached hydrogen (secondary N) is 2. The van der Waals surface area contributed by atoms with Crippen molar-refractivity contribution in [1.82, 2.24) is 5.32 Å². The van der Waals surface area contributed by atoms with Crippen molar-refractivity contribution in [2.75, 3.05) is 18.5 Å². The first-order chi connectivity index (χ1) is 11.1. The molecule has 0 saturated carbocycles. The van der Waals surface area contributed by atoms with E-state index in [1.165, 1.54) is 11.3 Å². The van der Waals surface area contributed by atoms with Gasteiger partial charge in [-0.05, 0) is 39.5 Å². The zero-order chi connectivity index (χ0) is 16.7. The first kappa shape index (κ1) is 17.2. The molecule has 2 N–H and O–H groups in total. The maximum Gasteiger partial charge on any atom is 0.325 e. The fourth-order valence-electron chi connectivity index (χ4n) is 1.59. The highest BCUT2D eigenvalue weighted by atomic mass is 79.9. The standard InChI is InChI=1S/C15H13BrN2O4S/c16-10-4-1-2-5-11(10)18-13(19)9-22-14(20)8-17-15(21)12-6-3-7-23-12/h1-7H,8-9H2,(H,17,21)(H,18,19). The van der Waals surface area contributed by atoms with Crippen molar-refractivity contribution in [2.45, 2.75) is 0 Å². The Labute approximate surface area is 145 Å². The van der Waals surface area contributed by atoms with Gasteiger partial charge in [0.05, 0.1) is 10.6 Å². The van der Waals surface area contributed by atoms with E-state index in [9.17, 15) is 14.4 Å². The molecule has 0 radical (unpaired) electrons. The van der Waals surface area contributed by atoms with Crippen molar-refractivity contribution < 1.29 is 19.1 Å². The Hall–Kier alpha value is -2.19. The van der Waals surface area contributed by atoms with Gasteiger partial charge in [0.15, 0.2) is 6.61 Å².